The second-order valence-corrected chi connectivity index (χ2v) is 2.69. The van der Waals surface area contributed by atoms with Crippen LogP contribution in [0.1, 0.15) is 5.56 Å². The summed E-state index contributed by atoms with van der Waals surface area (Å²) in [4.78, 5) is 0. The van der Waals surface area contributed by atoms with Crippen molar-refractivity contribution in [3.63, 3.8) is 0 Å². The number of alkyl halides is 2. The lowest BCUT2D eigenvalue weighted by Crippen LogP contribution is -2.21. The zero-order valence-electron chi connectivity index (χ0n) is 8.18. The number of ether oxygens (including phenoxy) is 1. The molecule has 0 aliphatic heterocycles. The van der Waals surface area contributed by atoms with E-state index in [0.29, 0.717) is 5.56 Å². The van der Waals surface area contributed by atoms with Gasteiger partial charge < -0.3 is 16.2 Å². The smallest absolute Gasteiger partial charge is 0.387 e. The molecule has 0 aliphatic carbocycles. The third-order valence-electron chi connectivity index (χ3n) is 1.51. The summed E-state index contributed by atoms with van der Waals surface area (Å²) in [5.74, 6) is -0.212. The Bertz CT molecular complexity index is 402. The van der Waals surface area contributed by atoms with E-state index in [2.05, 4.69) is 14.9 Å². The number of para-hydroxylation sites is 1. The van der Waals surface area contributed by atoms with Crippen molar-refractivity contribution < 1.29 is 13.5 Å². The van der Waals surface area contributed by atoms with Crippen LogP contribution >= 0.6 is 0 Å². The van der Waals surface area contributed by atoms with Gasteiger partial charge in [0, 0.05) is 5.56 Å². The van der Waals surface area contributed by atoms with Gasteiger partial charge in [-0.25, -0.2) is 0 Å². The minimum atomic E-state index is -2.89. The van der Waals surface area contributed by atoms with Gasteiger partial charge in [0.2, 0.25) is 5.96 Å². The first-order valence-electron chi connectivity index (χ1n) is 4.25. The fourth-order valence-electron chi connectivity index (χ4n) is 0.948. The molecule has 7 heteroatoms. The van der Waals surface area contributed by atoms with Crippen molar-refractivity contribution in [1.82, 2.24) is 0 Å². The Labute approximate surface area is 90.4 Å². The SMILES string of the molecule is NC(N)=NN=Cc1ccccc1OC(F)F. The minimum Gasteiger partial charge on any atom is -0.434 e. The van der Waals surface area contributed by atoms with E-state index in [1.54, 1.807) is 18.2 Å². The van der Waals surface area contributed by atoms with Gasteiger partial charge in [-0.15, -0.1) is 5.10 Å². The van der Waals surface area contributed by atoms with Gasteiger partial charge in [0.1, 0.15) is 5.75 Å². The number of hydrogen-bond donors (Lipinski definition) is 2. The molecule has 86 valence electrons. The number of guanidine groups is 1. The molecule has 0 saturated heterocycles. The Balaban J connectivity index is 2.86. The van der Waals surface area contributed by atoms with Crippen LogP contribution in [-0.4, -0.2) is 18.8 Å². The first-order valence-corrected chi connectivity index (χ1v) is 4.25. The maximum atomic E-state index is 12.0. The zero-order chi connectivity index (χ0) is 12.0. The molecular formula is C9H10F2N4O. The van der Waals surface area contributed by atoms with Crippen LogP contribution in [0.3, 0.4) is 0 Å². The summed E-state index contributed by atoms with van der Waals surface area (Å²) < 4.78 is 28.3. The number of halogens is 2. The van der Waals surface area contributed by atoms with Crippen molar-refractivity contribution in [2.24, 2.45) is 21.7 Å². The highest BCUT2D eigenvalue weighted by molar-refractivity contribution is 5.84. The monoisotopic (exact) mass is 228 g/mol. The molecule has 5 nitrogen and oxygen atoms in total. The van der Waals surface area contributed by atoms with Gasteiger partial charge in [0.25, 0.3) is 0 Å². The summed E-state index contributed by atoms with van der Waals surface area (Å²) in [6.45, 7) is -2.89. The third-order valence-corrected chi connectivity index (χ3v) is 1.51. The first kappa shape index (κ1) is 11.9. The minimum absolute atomic E-state index is 0.00652. The first-order chi connectivity index (χ1) is 7.59. The van der Waals surface area contributed by atoms with E-state index < -0.39 is 6.61 Å². The lowest BCUT2D eigenvalue weighted by molar-refractivity contribution is -0.0499. The molecule has 0 unspecified atom stereocenters. The highest BCUT2D eigenvalue weighted by Gasteiger charge is 2.06. The van der Waals surface area contributed by atoms with Gasteiger partial charge in [0.15, 0.2) is 0 Å². The highest BCUT2D eigenvalue weighted by atomic mass is 19.3. The lowest BCUT2D eigenvalue weighted by atomic mass is 10.2. The van der Waals surface area contributed by atoms with Crippen molar-refractivity contribution in [3.8, 4) is 5.75 Å². The number of nitrogens with zero attached hydrogens (tertiary/aromatic N) is 2. The standard InChI is InChI=1S/C9H10F2N4O/c10-8(11)16-7-4-2-1-3-6(7)5-14-15-9(12)13/h1-5,8H,(H4,12,13,15). The molecule has 1 aromatic rings. The Morgan fingerprint density at radius 1 is 1.31 bits per heavy atom. The second-order valence-electron chi connectivity index (χ2n) is 2.69. The molecule has 0 heterocycles. The molecule has 0 amide bonds. The van der Waals surface area contributed by atoms with Crippen LogP contribution in [0, 0.1) is 0 Å². The molecule has 4 N–H and O–H groups in total. The van der Waals surface area contributed by atoms with Gasteiger partial charge in [-0.05, 0) is 12.1 Å². The predicted molar refractivity (Wildman–Crippen MR) is 56.5 cm³/mol. The molecule has 0 fully saturated rings. The zero-order valence-corrected chi connectivity index (χ0v) is 8.18. The van der Waals surface area contributed by atoms with E-state index in [4.69, 9.17) is 11.5 Å². The van der Waals surface area contributed by atoms with Crippen LogP contribution in [0.2, 0.25) is 0 Å². The van der Waals surface area contributed by atoms with Crippen molar-refractivity contribution in [2.45, 2.75) is 6.61 Å². The molecule has 0 saturated carbocycles. The Morgan fingerprint density at radius 2 is 2.00 bits per heavy atom. The molecule has 16 heavy (non-hydrogen) atoms. The summed E-state index contributed by atoms with van der Waals surface area (Å²) in [5.41, 5.74) is 10.4. The fraction of sp³-hybridized carbons (Fsp3) is 0.111. The number of rotatable bonds is 4. The predicted octanol–water partition coefficient (Wildman–Crippen LogP) is 0.895. The number of nitrogens with two attached hydrogens (primary N) is 2. The van der Waals surface area contributed by atoms with E-state index >= 15 is 0 Å². The molecular weight excluding hydrogens is 218 g/mol. The quantitative estimate of drug-likeness (QED) is 0.456. The lowest BCUT2D eigenvalue weighted by Gasteiger charge is -2.06. The van der Waals surface area contributed by atoms with Gasteiger partial charge >= 0.3 is 6.61 Å². The summed E-state index contributed by atoms with van der Waals surface area (Å²) in [6, 6.07) is 6.15. The van der Waals surface area contributed by atoms with Gasteiger partial charge in [-0.2, -0.15) is 13.9 Å². The normalized spacial score (nSPS) is 10.7. The van der Waals surface area contributed by atoms with E-state index in [1.165, 1.54) is 12.3 Å². The third kappa shape index (κ3) is 3.91. The second kappa shape index (κ2) is 5.64. The van der Waals surface area contributed by atoms with Crippen molar-refractivity contribution in [1.29, 1.82) is 0 Å². The van der Waals surface area contributed by atoms with Gasteiger partial charge in [-0.3, -0.25) is 0 Å². The van der Waals surface area contributed by atoms with E-state index in [9.17, 15) is 8.78 Å². The maximum Gasteiger partial charge on any atom is 0.387 e. The van der Waals surface area contributed by atoms with Crippen molar-refractivity contribution in [2.75, 3.05) is 0 Å². The van der Waals surface area contributed by atoms with Crippen LogP contribution in [-0.2, 0) is 0 Å². The van der Waals surface area contributed by atoms with Crippen LogP contribution in [0.25, 0.3) is 0 Å². The topological polar surface area (TPSA) is 86.0 Å². The molecule has 1 rings (SSSR count). The molecule has 0 bridgehead atoms. The summed E-state index contributed by atoms with van der Waals surface area (Å²) in [6.07, 6.45) is 1.22. The molecule has 0 spiro atoms. The van der Waals surface area contributed by atoms with Crippen LogP contribution in [0.5, 0.6) is 5.75 Å². The molecule has 0 atom stereocenters. The molecule has 0 radical (unpaired) electrons. The Hall–Kier alpha value is -2.18. The molecule has 1 aromatic carbocycles. The Kier molecular flexibility index (Phi) is 4.19. The average molecular weight is 228 g/mol. The van der Waals surface area contributed by atoms with E-state index in [-0.39, 0.29) is 11.7 Å². The van der Waals surface area contributed by atoms with Crippen LogP contribution < -0.4 is 16.2 Å². The largest absolute Gasteiger partial charge is 0.434 e. The van der Waals surface area contributed by atoms with Gasteiger partial charge in [-0.1, -0.05) is 12.1 Å². The maximum absolute atomic E-state index is 12.0. The summed E-state index contributed by atoms with van der Waals surface area (Å²) in [7, 11) is 0. The van der Waals surface area contributed by atoms with Gasteiger partial charge in [0.05, 0.1) is 6.21 Å². The molecule has 0 aromatic heterocycles. The van der Waals surface area contributed by atoms with E-state index in [1.807, 2.05) is 0 Å². The molecule has 0 aliphatic rings. The number of benzene rings is 1. The van der Waals surface area contributed by atoms with Crippen molar-refractivity contribution in [3.05, 3.63) is 29.8 Å². The summed E-state index contributed by atoms with van der Waals surface area (Å²) in [5, 5.41) is 6.84. The fourth-order valence-corrected chi connectivity index (χ4v) is 0.948. The van der Waals surface area contributed by atoms with Crippen LogP contribution in [0.4, 0.5) is 8.78 Å². The van der Waals surface area contributed by atoms with Crippen LogP contribution in [0.15, 0.2) is 34.5 Å². The Morgan fingerprint density at radius 3 is 2.62 bits per heavy atom. The number of hydrogen-bond acceptors (Lipinski definition) is 3. The average Bonchev–Trinajstić information content (AvgIpc) is 2.19. The highest BCUT2D eigenvalue weighted by Crippen LogP contribution is 2.18. The van der Waals surface area contributed by atoms with Crippen molar-refractivity contribution >= 4 is 12.2 Å². The van der Waals surface area contributed by atoms with E-state index in [0.717, 1.165) is 0 Å². The summed E-state index contributed by atoms with van der Waals surface area (Å²) >= 11 is 0.